The number of anilines is 2. The lowest BCUT2D eigenvalue weighted by molar-refractivity contribution is -0.115. The smallest absolute Gasteiger partial charge is 0.261 e. The molecule has 1 aliphatic heterocycles. The van der Waals surface area contributed by atoms with Crippen LogP contribution in [0.5, 0.6) is 0 Å². The molecule has 0 unspecified atom stereocenters. The van der Waals surface area contributed by atoms with Crippen LogP contribution in [0, 0.1) is 0 Å². The Morgan fingerprint density at radius 3 is 2.74 bits per heavy atom. The molecule has 0 bridgehead atoms. The molecule has 0 radical (unpaired) electrons. The first-order valence-electron chi connectivity index (χ1n) is 5.71. The van der Waals surface area contributed by atoms with Crippen LogP contribution >= 0.6 is 0 Å². The number of hydrogen-bond donors (Lipinski definition) is 1. The van der Waals surface area contributed by atoms with Gasteiger partial charge >= 0.3 is 0 Å². The average molecular weight is 254 g/mol. The van der Waals surface area contributed by atoms with E-state index in [0.29, 0.717) is 16.9 Å². The summed E-state index contributed by atoms with van der Waals surface area (Å²) in [6.45, 7) is -0.00919. The molecule has 3 rings (SSSR count). The molecule has 2 heterocycles. The lowest BCUT2D eigenvalue weighted by Crippen LogP contribution is -2.42. The molecule has 0 atom stereocenters. The van der Waals surface area contributed by atoms with Crippen molar-refractivity contribution in [2.45, 2.75) is 0 Å². The molecule has 2 aromatic rings. The molecule has 0 aliphatic carbocycles. The van der Waals surface area contributed by atoms with Crippen LogP contribution in [-0.4, -0.2) is 28.3 Å². The Bertz CT molecular complexity index is 642. The van der Waals surface area contributed by atoms with Crippen LogP contribution in [0.2, 0.25) is 0 Å². The predicted octanol–water partition coefficient (Wildman–Crippen LogP) is 1.08. The molecule has 1 aromatic heterocycles. The van der Waals surface area contributed by atoms with Gasteiger partial charge in [0.1, 0.15) is 12.9 Å². The Kier molecular flexibility index (Phi) is 2.68. The van der Waals surface area contributed by atoms with Gasteiger partial charge in [-0.05, 0) is 12.1 Å². The predicted molar refractivity (Wildman–Crippen MR) is 68.8 cm³/mol. The van der Waals surface area contributed by atoms with Crippen molar-refractivity contribution in [1.82, 2.24) is 9.97 Å². The van der Waals surface area contributed by atoms with E-state index in [2.05, 4.69) is 15.3 Å². The highest BCUT2D eigenvalue weighted by Crippen LogP contribution is 2.29. The monoisotopic (exact) mass is 254 g/mol. The molecule has 94 valence electrons. The fourth-order valence-corrected chi connectivity index (χ4v) is 1.98. The highest BCUT2D eigenvalue weighted by atomic mass is 16.2. The van der Waals surface area contributed by atoms with E-state index in [1.165, 1.54) is 23.6 Å². The number of hydrogen-bond acceptors (Lipinski definition) is 4. The number of aromatic nitrogens is 2. The normalized spacial score (nSPS) is 13.7. The maximum atomic E-state index is 12.4. The fourth-order valence-electron chi connectivity index (χ4n) is 1.98. The Morgan fingerprint density at radius 2 is 1.95 bits per heavy atom. The molecule has 1 aromatic carbocycles. The third-order valence-corrected chi connectivity index (χ3v) is 2.82. The van der Waals surface area contributed by atoms with Crippen molar-refractivity contribution < 1.29 is 9.59 Å². The summed E-state index contributed by atoms with van der Waals surface area (Å²) >= 11 is 0. The van der Waals surface area contributed by atoms with Crippen molar-refractivity contribution >= 4 is 23.2 Å². The number of rotatable bonds is 1. The first-order chi connectivity index (χ1) is 9.25. The summed E-state index contributed by atoms with van der Waals surface area (Å²) in [7, 11) is 0. The van der Waals surface area contributed by atoms with Crippen LogP contribution < -0.4 is 10.2 Å². The van der Waals surface area contributed by atoms with Crippen molar-refractivity contribution in [3.05, 3.63) is 48.5 Å². The highest BCUT2D eigenvalue weighted by Gasteiger charge is 2.27. The third kappa shape index (κ3) is 2.03. The van der Waals surface area contributed by atoms with E-state index in [-0.39, 0.29) is 18.4 Å². The lowest BCUT2D eigenvalue weighted by Gasteiger charge is -2.28. The molecule has 6 nitrogen and oxygen atoms in total. The number of benzene rings is 1. The van der Waals surface area contributed by atoms with E-state index >= 15 is 0 Å². The van der Waals surface area contributed by atoms with E-state index in [9.17, 15) is 9.59 Å². The van der Waals surface area contributed by atoms with Gasteiger partial charge in [-0.3, -0.25) is 14.5 Å². The summed E-state index contributed by atoms with van der Waals surface area (Å²) in [5.41, 5.74) is 1.66. The largest absolute Gasteiger partial charge is 0.323 e. The SMILES string of the molecule is O=C1CN(C(=O)c2cncnc2)c2ccccc2N1. The summed E-state index contributed by atoms with van der Waals surface area (Å²) in [6, 6.07) is 7.17. The van der Waals surface area contributed by atoms with Gasteiger partial charge in [-0.2, -0.15) is 0 Å². The number of nitrogens with one attached hydrogen (secondary N) is 1. The molecule has 0 saturated carbocycles. The summed E-state index contributed by atoms with van der Waals surface area (Å²) in [6.07, 6.45) is 4.22. The molecule has 19 heavy (non-hydrogen) atoms. The number of nitrogens with zero attached hydrogens (tertiary/aromatic N) is 3. The quantitative estimate of drug-likeness (QED) is 0.826. The summed E-state index contributed by atoms with van der Waals surface area (Å²) in [5, 5.41) is 2.73. The van der Waals surface area contributed by atoms with E-state index in [1.54, 1.807) is 18.2 Å². The molecule has 0 saturated heterocycles. The van der Waals surface area contributed by atoms with Gasteiger partial charge in [-0.1, -0.05) is 12.1 Å². The number of carbonyl (C=O) groups excluding carboxylic acids is 2. The second kappa shape index (κ2) is 4.49. The molecule has 0 spiro atoms. The molecule has 1 aliphatic rings. The average Bonchev–Trinajstić information content (AvgIpc) is 2.46. The van der Waals surface area contributed by atoms with Gasteiger partial charge in [-0.15, -0.1) is 0 Å². The van der Waals surface area contributed by atoms with Gasteiger partial charge in [0.05, 0.1) is 16.9 Å². The van der Waals surface area contributed by atoms with E-state index in [4.69, 9.17) is 0 Å². The van der Waals surface area contributed by atoms with E-state index < -0.39 is 0 Å². The van der Waals surface area contributed by atoms with Gasteiger partial charge in [0.2, 0.25) is 5.91 Å². The van der Waals surface area contributed by atoms with E-state index in [0.717, 1.165) is 0 Å². The summed E-state index contributed by atoms with van der Waals surface area (Å²) < 4.78 is 0. The maximum Gasteiger partial charge on any atom is 0.261 e. The Morgan fingerprint density at radius 1 is 1.21 bits per heavy atom. The van der Waals surface area contributed by atoms with Crippen LogP contribution in [0.3, 0.4) is 0 Å². The van der Waals surface area contributed by atoms with Crippen molar-refractivity contribution in [3.8, 4) is 0 Å². The maximum absolute atomic E-state index is 12.4. The van der Waals surface area contributed by atoms with Crippen molar-refractivity contribution in [3.63, 3.8) is 0 Å². The van der Waals surface area contributed by atoms with Crippen LogP contribution in [-0.2, 0) is 4.79 Å². The molecule has 0 fully saturated rings. The summed E-state index contributed by atoms with van der Waals surface area (Å²) in [5.74, 6) is -0.508. The zero-order valence-electron chi connectivity index (χ0n) is 9.91. The molecular weight excluding hydrogens is 244 g/mol. The Balaban J connectivity index is 2.02. The van der Waals surface area contributed by atoms with Crippen LogP contribution in [0.25, 0.3) is 0 Å². The second-order valence-electron chi connectivity index (χ2n) is 4.08. The first kappa shape index (κ1) is 11.3. The zero-order valence-corrected chi connectivity index (χ0v) is 9.91. The minimum atomic E-state index is -0.289. The molecule has 2 amide bonds. The van der Waals surface area contributed by atoms with Crippen molar-refractivity contribution in [2.24, 2.45) is 0 Å². The van der Waals surface area contributed by atoms with Crippen molar-refractivity contribution in [1.29, 1.82) is 0 Å². The minimum absolute atomic E-state index is 0.00919. The van der Waals surface area contributed by atoms with E-state index in [1.807, 2.05) is 6.07 Å². The standard InChI is InChI=1S/C13H10N4O2/c18-12-7-17(11-4-2-1-3-10(11)16-12)13(19)9-5-14-8-15-6-9/h1-6,8H,7H2,(H,16,18). The second-order valence-corrected chi connectivity index (χ2v) is 4.08. The topological polar surface area (TPSA) is 75.2 Å². The van der Waals surface area contributed by atoms with Gasteiger partial charge in [0.15, 0.2) is 0 Å². The summed E-state index contributed by atoms with van der Waals surface area (Å²) in [4.78, 5) is 33.1. The fraction of sp³-hybridized carbons (Fsp3) is 0.0769. The minimum Gasteiger partial charge on any atom is -0.323 e. The van der Waals surface area contributed by atoms with Crippen LogP contribution in [0.15, 0.2) is 43.0 Å². The number of amides is 2. The third-order valence-electron chi connectivity index (χ3n) is 2.82. The number of para-hydroxylation sites is 2. The number of fused-ring (bicyclic) bond motifs is 1. The van der Waals surface area contributed by atoms with Crippen LogP contribution in [0.1, 0.15) is 10.4 Å². The lowest BCUT2D eigenvalue weighted by atomic mass is 10.1. The molecule has 1 N–H and O–H groups in total. The van der Waals surface area contributed by atoms with Crippen LogP contribution in [0.4, 0.5) is 11.4 Å². The van der Waals surface area contributed by atoms with Gasteiger partial charge < -0.3 is 5.32 Å². The number of carbonyl (C=O) groups is 2. The highest BCUT2D eigenvalue weighted by molar-refractivity contribution is 6.14. The Hall–Kier alpha value is -2.76. The Labute approximate surface area is 109 Å². The molecule has 6 heteroatoms. The van der Waals surface area contributed by atoms with Gasteiger partial charge in [-0.25, -0.2) is 9.97 Å². The first-order valence-corrected chi connectivity index (χ1v) is 5.71. The van der Waals surface area contributed by atoms with Gasteiger partial charge in [0.25, 0.3) is 5.91 Å². The molecular formula is C13H10N4O2. The van der Waals surface area contributed by atoms with Crippen molar-refractivity contribution in [2.75, 3.05) is 16.8 Å². The van der Waals surface area contributed by atoms with Gasteiger partial charge in [0, 0.05) is 12.4 Å². The zero-order chi connectivity index (χ0) is 13.2.